The van der Waals surface area contributed by atoms with Gasteiger partial charge in [0.1, 0.15) is 13.2 Å². The highest BCUT2D eigenvalue weighted by molar-refractivity contribution is 5.50. The first-order chi connectivity index (χ1) is 9.25. The van der Waals surface area contributed by atoms with Crippen molar-refractivity contribution < 1.29 is 9.47 Å². The molecule has 3 heteroatoms. The fourth-order valence-electron chi connectivity index (χ4n) is 3.09. The summed E-state index contributed by atoms with van der Waals surface area (Å²) in [5.74, 6) is 2.98. The van der Waals surface area contributed by atoms with Crippen molar-refractivity contribution in [3.8, 4) is 11.5 Å². The summed E-state index contributed by atoms with van der Waals surface area (Å²) in [5.41, 5.74) is 2.87. The van der Waals surface area contributed by atoms with Gasteiger partial charge in [-0.3, -0.25) is 0 Å². The molecule has 3 nitrogen and oxygen atoms in total. The molecule has 0 amide bonds. The molecule has 3 rings (SSSR count). The molecule has 0 aromatic heterocycles. The van der Waals surface area contributed by atoms with Crippen LogP contribution in [0.3, 0.4) is 0 Å². The first kappa shape index (κ1) is 12.8. The largest absolute Gasteiger partial charge is 0.486 e. The second-order valence-electron chi connectivity index (χ2n) is 5.82. The molecule has 1 N–H and O–H groups in total. The summed E-state index contributed by atoms with van der Waals surface area (Å²) in [6.45, 7) is 8.07. The molecule has 19 heavy (non-hydrogen) atoms. The maximum Gasteiger partial charge on any atom is 0.161 e. The van der Waals surface area contributed by atoms with Gasteiger partial charge in [-0.25, -0.2) is 0 Å². The van der Waals surface area contributed by atoms with Crippen LogP contribution in [0.15, 0.2) is 12.1 Å². The third-order valence-corrected chi connectivity index (χ3v) is 4.11. The molecule has 1 unspecified atom stereocenters. The third kappa shape index (κ3) is 2.57. The van der Waals surface area contributed by atoms with Crippen LogP contribution in [0.2, 0.25) is 0 Å². The van der Waals surface area contributed by atoms with E-state index in [4.69, 9.17) is 9.47 Å². The van der Waals surface area contributed by atoms with Crippen LogP contribution >= 0.6 is 0 Å². The molecule has 1 atom stereocenters. The molecule has 104 valence electrons. The molecule has 1 aromatic rings. The number of rotatable bonds is 2. The Balaban J connectivity index is 2.00. The van der Waals surface area contributed by atoms with Gasteiger partial charge in [-0.1, -0.05) is 13.8 Å². The predicted molar refractivity (Wildman–Crippen MR) is 76.4 cm³/mol. The van der Waals surface area contributed by atoms with Crippen molar-refractivity contribution in [2.75, 3.05) is 26.3 Å². The van der Waals surface area contributed by atoms with Crippen LogP contribution in [0, 0.1) is 0 Å². The standard InChI is InChI=1S/C16H23NO2/c1-11(2)13-8-15-16(19-7-6-18-15)9-14(13)12-4-3-5-17-10-12/h8-9,11-12,17H,3-7,10H2,1-2H3. The molecule has 1 aromatic carbocycles. The number of fused-ring (bicyclic) bond motifs is 1. The lowest BCUT2D eigenvalue weighted by Gasteiger charge is -2.29. The molecule has 1 fully saturated rings. The van der Waals surface area contributed by atoms with Crippen LogP contribution in [-0.2, 0) is 0 Å². The van der Waals surface area contributed by atoms with Gasteiger partial charge >= 0.3 is 0 Å². The minimum absolute atomic E-state index is 0.521. The first-order valence-corrected chi connectivity index (χ1v) is 7.40. The zero-order valence-corrected chi connectivity index (χ0v) is 11.9. The van der Waals surface area contributed by atoms with Gasteiger partial charge in [-0.2, -0.15) is 0 Å². The second kappa shape index (κ2) is 5.41. The normalized spacial score (nSPS) is 22.6. The average molecular weight is 261 g/mol. The van der Waals surface area contributed by atoms with Gasteiger partial charge in [0.25, 0.3) is 0 Å². The number of ether oxygens (including phenoxy) is 2. The lowest BCUT2D eigenvalue weighted by molar-refractivity contribution is 0.171. The van der Waals surface area contributed by atoms with Gasteiger partial charge in [0.2, 0.25) is 0 Å². The summed E-state index contributed by atoms with van der Waals surface area (Å²) < 4.78 is 11.5. The van der Waals surface area contributed by atoms with E-state index in [-0.39, 0.29) is 0 Å². The van der Waals surface area contributed by atoms with Crippen LogP contribution in [0.1, 0.15) is 49.7 Å². The van der Waals surface area contributed by atoms with Gasteiger partial charge in [-0.05, 0) is 54.5 Å². The lowest BCUT2D eigenvalue weighted by Crippen LogP contribution is -2.29. The predicted octanol–water partition coefficient (Wildman–Crippen LogP) is 3.05. The van der Waals surface area contributed by atoms with Crippen LogP contribution in [0.4, 0.5) is 0 Å². The molecule has 0 aliphatic carbocycles. The van der Waals surface area contributed by atoms with Gasteiger partial charge in [0.15, 0.2) is 11.5 Å². The molecule has 1 saturated heterocycles. The van der Waals surface area contributed by atoms with Crippen LogP contribution < -0.4 is 14.8 Å². The molecular formula is C16H23NO2. The number of nitrogens with one attached hydrogen (secondary N) is 1. The summed E-state index contributed by atoms with van der Waals surface area (Å²) >= 11 is 0. The van der Waals surface area contributed by atoms with Crippen LogP contribution in [-0.4, -0.2) is 26.3 Å². The first-order valence-electron chi connectivity index (χ1n) is 7.40. The van der Waals surface area contributed by atoms with Gasteiger partial charge in [-0.15, -0.1) is 0 Å². The highest BCUT2D eigenvalue weighted by atomic mass is 16.6. The molecule has 2 aliphatic rings. The van der Waals surface area contributed by atoms with Gasteiger partial charge in [0.05, 0.1) is 0 Å². The Bertz CT molecular complexity index is 450. The highest BCUT2D eigenvalue weighted by Crippen LogP contribution is 2.40. The average Bonchev–Trinajstić information content (AvgIpc) is 2.46. The highest BCUT2D eigenvalue weighted by Gasteiger charge is 2.23. The Morgan fingerprint density at radius 1 is 1.16 bits per heavy atom. The van der Waals surface area contributed by atoms with E-state index in [0.29, 0.717) is 25.0 Å². The summed E-state index contributed by atoms with van der Waals surface area (Å²) in [5, 5.41) is 3.51. The molecule has 0 bridgehead atoms. The van der Waals surface area contributed by atoms with E-state index < -0.39 is 0 Å². The van der Waals surface area contributed by atoms with Crippen molar-refractivity contribution in [2.24, 2.45) is 0 Å². The van der Waals surface area contributed by atoms with Gasteiger partial charge < -0.3 is 14.8 Å². The molecular weight excluding hydrogens is 238 g/mol. The number of piperidine rings is 1. The maximum atomic E-state index is 5.74. The van der Waals surface area contributed by atoms with Crippen molar-refractivity contribution in [1.29, 1.82) is 0 Å². The second-order valence-corrected chi connectivity index (χ2v) is 5.82. The van der Waals surface area contributed by atoms with E-state index in [1.807, 2.05) is 0 Å². The minimum atomic E-state index is 0.521. The molecule has 0 saturated carbocycles. The lowest BCUT2D eigenvalue weighted by atomic mass is 9.84. The summed E-state index contributed by atoms with van der Waals surface area (Å²) in [6, 6.07) is 4.42. The Hall–Kier alpha value is -1.22. The van der Waals surface area contributed by atoms with Crippen molar-refractivity contribution in [3.63, 3.8) is 0 Å². The summed E-state index contributed by atoms with van der Waals surface area (Å²) in [6.07, 6.45) is 2.53. The Morgan fingerprint density at radius 3 is 2.53 bits per heavy atom. The zero-order valence-electron chi connectivity index (χ0n) is 11.9. The van der Waals surface area contributed by atoms with E-state index in [2.05, 4.69) is 31.3 Å². The van der Waals surface area contributed by atoms with E-state index >= 15 is 0 Å². The van der Waals surface area contributed by atoms with Crippen molar-refractivity contribution in [3.05, 3.63) is 23.3 Å². The fraction of sp³-hybridized carbons (Fsp3) is 0.625. The smallest absolute Gasteiger partial charge is 0.161 e. The fourth-order valence-corrected chi connectivity index (χ4v) is 3.09. The Morgan fingerprint density at radius 2 is 1.89 bits per heavy atom. The van der Waals surface area contributed by atoms with E-state index in [9.17, 15) is 0 Å². The van der Waals surface area contributed by atoms with Crippen LogP contribution in [0.5, 0.6) is 11.5 Å². The van der Waals surface area contributed by atoms with Gasteiger partial charge in [0, 0.05) is 6.54 Å². The quantitative estimate of drug-likeness (QED) is 0.887. The third-order valence-electron chi connectivity index (χ3n) is 4.11. The van der Waals surface area contributed by atoms with E-state index in [0.717, 1.165) is 24.6 Å². The topological polar surface area (TPSA) is 30.5 Å². The SMILES string of the molecule is CC(C)c1cc2c(cc1C1CCCNC1)OCCO2. The van der Waals surface area contributed by atoms with Crippen LogP contribution in [0.25, 0.3) is 0 Å². The molecule has 2 aliphatic heterocycles. The number of hydrogen-bond donors (Lipinski definition) is 1. The molecule has 2 heterocycles. The number of hydrogen-bond acceptors (Lipinski definition) is 3. The van der Waals surface area contributed by atoms with Crippen molar-refractivity contribution >= 4 is 0 Å². The van der Waals surface area contributed by atoms with Crippen molar-refractivity contribution in [1.82, 2.24) is 5.32 Å². The Kier molecular flexibility index (Phi) is 3.65. The zero-order chi connectivity index (χ0) is 13.2. The molecule has 0 spiro atoms. The summed E-state index contributed by atoms with van der Waals surface area (Å²) in [7, 11) is 0. The monoisotopic (exact) mass is 261 g/mol. The van der Waals surface area contributed by atoms with E-state index in [1.54, 1.807) is 0 Å². The Labute approximate surface area is 115 Å². The minimum Gasteiger partial charge on any atom is -0.486 e. The summed E-state index contributed by atoms with van der Waals surface area (Å²) in [4.78, 5) is 0. The number of benzene rings is 1. The maximum absolute atomic E-state index is 5.74. The van der Waals surface area contributed by atoms with E-state index in [1.165, 1.54) is 24.0 Å². The molecule has 0 radical (unpaired) electrons. The van der Waals surface area contributed by atoms with Crippen molar-refractivity contribution in [2.45, 2.75) is 38.5 Å².